The first-order chi connectivity index (χ1) is 21.9. The number of benzene rings is 4. The molecule has 10 heteroatoms. The average molecular weight is 597 g/mol. The fourth-order valence-electron chi connectivity index (χ4n) is 4.97. The van der Waals surface area contributed by atoms with Crippen LogP contribution in [0.25, 0.3) is 17.5 Å². The monoisotopic (exact) mass is 596 g/mol. The Morgan fingerprint density at radius 2 is 0.911 bits per heavy atom. The average Bonchev–Trinajstić information content (AvgIpc) is 3.06. The van der Waals surface area contributed by atoms with E-state index in [0.717, 1.165) is 18.9 Å². The summed E-state index contributed by atoms with van der Waals surface area (Å²) in [5, 5.41) is 11.2. The predicted molar refractivity (Wildman–Crippen MR) is 170 cm³/mol. The number of nitrogens with zero attached hydrogens (tertiary/aromatic N) is 4. The van der Waals surface area contributed by atoms with E-state index in [1.807, 2.05) is 0 Å². The third-order valence-corrected chi connectivity index (χ3v) is 7.10. The number of carbonyl (C=O) groups excluding carboxylic acids is 3. The van der Waals surface area contributed by atoms with Crippen molar-refractivity contribution in [2.24, 2.45) is 0 Å². The second-order valence-corrected chi connectivity index (χ2v) is 9.84. The second kappa shape index (κ2) is 12.0. The van der Waals surface area contributed by atoms with Gasteiger partial charge in [-0.3, -0.25) is 14.4 Å². The van der Waals surface area contributed by atoms with Crippen LogP contribution in [0.15, 0.2) is 149 Å². The molecule has 0 unspecified atom stereocenters. The molecule has 0 spiro atoms. The minimum absolute atomic E-state index is 0.258. The summed E-state index contributed by atoms with van der Waals surface area (Å²) in [6.07, 6.45) is 3.63. The molecule has 2 heterocycles. The van der Waals surface area contributed by atoms with Gasteiger partial charge in [-0.2, -0.15) is 0 Å². The number of hydrogen-bond donors (Lipinski definition) is 1. The van der Waals surface area contributed by atoms with E-state index in [0.29, 0.717) is 5.69 Å². The molecule has 5 aromatic rings. The lowest BCUT2D eigenvalue weighted by molar-refractivity contribution is -0.121. The number of aromatic hydroxyl groups is 1. The minimum atomic E-state index is -0.867. The molecule has 220 valence electrons. The van der Waals surface area contributed by atoms with E-state index in [2.05, 4.69) is 0 Å². The molecular weight excluding hydrogens is 572 g/mol. The van der Waals surface area contributed by atoms with E-state index in [1.165, 1.54) is 18.2 Å². The van der Waals surface area contributed by atoms with E-state index < -0.39 is 35.0 Å². The maximum atomic E-state index is 13.6. The first-order valence-electron chi connectivity index (χ1n) is 13.8. The summed E-state index contributed by atoms with van der Waals surface area (Å²) < 4.78 is 1.91. The first kappa shape index (κ1) is 28.6. The van der Waals surface area contributed by atoms with E-state index >= 15 is 0 Å². The van der Waals surface area contributed by atoms with E-state index in [9.17, 15) is 29.1 Å². The zero-order valence-electron chi connectivity index (χ0n) is 23.6. The van der Waals surface area contributed by atoms with Crippen LogP contribution >= 0.6 is 0 Å². The molecule has 10 nitrogen and oxygen atoms in total. The van der Waals surface area contributed by atoms with Crippen molar-refractivity contribution < 1.29 is 19.5 Å². The number of anilines is 2. The van der Waals surface area contributed by atoms with Crippen LogP contribution in [0.4, 0.5) is 16.2 Å². The fraction of sp³-hybridized carbons (Fsp3) is 0. The third kappa shape index (κ3) is 5.17. The van der Waals surface area contributed by atoms with Crippen LogP contribution < -0.4 is 21.0 Å². The molecule has 0 bridgehead atoms. The second-order valence-electron chi connectivity index (χ2n) is 9.84. The lowest BCUT2D eigenvalue weighted by atomic mass is 10.1. The number of para-hydroxylation sites is 4. The summed E-state index contributed by atoms with van der Waals surface area (Å²) >= 11 is 0. The molecule has 1 saturated heterocycles. The Morgan fingerprint density at radius 1 is 0.511 bits per heavy atom. The number of imide groups is 2. The SMILES string of the molecule is O=C1C(=C/C=C/c2c(O)n(-c3ccccc3)c(=O)n(-c3ccccc3)c2=O)C(=O)N(c2ccccc2)C(=O)N1c1ccccc1. The van der Waals surface area contributed by atoms with Gasteiger partial charge in [0.05, 0.1) is 22.7 Å². The minimum Gasteiger partial charge on any atom is -0.494 e. The van der Waals surface area contributed by atoms with Crippen LogP contribution in [0, 0.1) is 0 Å². The van der Waals surface area contributed by atoms with Gasteiger partial charge >= 0.3 is 11.7 Å². The number of rotatable bonds is 6. The maximum Gasteiger partial charge on any atom is 0.343 e. The lowest BCUT2D eigenvalue weighted by Crippen LogP contribution is -2.57. The maximum absolute atomic E-state index is 13.6. The first-order valence-corrected chi connectivity index (χ1v) is 13.8. The van der Waals surface area contributed by atoms with Gasteiger partial charge in [-0.25, -0.2) is 28.5 Å². The Bertz CT molecular complexity index is 2040. The molecule has 1 aliphatic heterocycles. The van der Waals surface area contributed by atoms with Gasteiger partial charge in [0.25, 0.3) is 17.4 Å². The number of amides is 4. The Balaban J connectivity index is 1.50. The normalized spacial score (nSPS) is 13.5. The van der Waals surface area contributed by atoms with Crippen molar-refractivity contribution in [2.45, 2.75) is 0 Å². The smallest absolute Gasteiger partial charge is 0.343 e. The molecule has 1 N–H and O–H groups in total. The number of allylic oxidation sites excluding steroid dienone is 2. The third-order valence-electron chi connectivity index (χ3n) is 7.10. The highest BCUT2D eigenvalue weighted by molar-refractivity contribution is 6.45. The van der Waals surface area contributed by atoms with Crippen LogP contribution in [-0.2, 0) is 9.59 Å². The van der Waals surface area contributed by atoms with Crippen molar-refractivity contribution in [1.29, 1.82) is 0 Å². The van der Waals surface area contributed by atoms with Gasteiger partial charge in [0.1, 0.15) is 11.1 Å². The summed E-state index contributed by atoms with van der Waals surface area (Å²) in [4.78, 5) is 69.7. The topological polar surface area (TPSA) is 122 Å². The predicted octanol–water partition coefficient (Wildman–Crippen LogP) is 4.83. The number of aromatic nitrogens is 2. The van der Waals surface area contributed by atoms with Gasteiger partial charge in [-0.1, -0.05) is 78.9 Å². The molecule has 45 heavy (non-hydrogen) atoms. The number of urea groups is 1. The molecule has 1 fully saturated rings. The molecule has 6 rings (SSSR count). The van der Waals surface area contributed by atoms with Crippen LogP contribution in [0.1, 0.15) is 5.56 Å². The summed E-state index contributed by atoms with van der Waals surface area (Å²) in [7, 11) is 0. The van der Waals surface area contributed by atoms with Crippen molar-refractivity contribution in [3.63, 3.8) is 0 Å². The largest absolute Gasteiger partial charge is 0.494 e. The van der Waals surface area contributed by atoms with Gasteiger partial charge in [-0.05, 0) is 60.7 Å². The van der Waals surface area contributed by atoms with Crippen molar-refractivity contribution in [3.8, 4) is 17.3 Å². The van der Waals surface area contributed by atoms with Gasteiger partial charge in [0.15, 0.2) is 0 Å². The Kier molecular flexibility index (Phi) is 7.60. The van der Waals surface area contributed by atoms with Gasteiger partial charge in [0.2, 0.25) is 5.88 Å². The van der Waals surface area contributed by atoms with Crippen molar-refractivity contribution in [3.05, 3.63) is 165 Å². The number of barbiturate groups is 1. The molecule has 4 amide bonds. The highest BCUT2D eigenvalue weighted by Crippen LogP contribution is 2.29. The zero-order valence-corrected chi connectivity index (χ0v) is 23.6. The molecule has 4 aromatic carbocycles. The van der Waals surface area contributed by atoms with Crippen molar-refractivity contribution >= 4 is 35.3 Å². The van der Waals surface area contributed by atoms with E-state index in [1.54, 1.807) is 121 Å². The summed E-state index contributed by atoms with van der Waals surface area (Å²) in [6, 6.07) is 32.0. The number of hydrogen-bond acceptors (Lipinski definition) is 6. The highest BCUT2D eigenvalue weighted by Gasteiger charge is 2.43. The molecule has 1 aromatic heterocycles. The standard InChI is InChI=1S/C35H24N4O6/c40-30-28(31(41)37(25-16-7-2-8-17-25)34(44)36(30)24-14-5-1-6-15-24)22-13-23-29-32(42)38(26-18-9-3-10-19-26)35(45)39(33(29)43)27-20-11-4-12-21-27/h1-23,40H/b22-13+. The fourth-order valence-corrected chi connectivity index (χ4v) is 4.97. The Labute approximate surface area is 256 Å². The van der Waals surface area contributed by atoms with Gasteiger partial charge in [-0.15, -0.1) is 0 Å². The Hall–Kier alpha value is -6.55. The van der Waals surface area contributed by atoms with Crippen LogP contribution in [0.5, 0.6) is 5.88 Å². The molecule has 0 aliphatic carbocycles. The van der Waals surface area contributed by atoms with Crippen LogP contribution in [0.2, 0.25) is 0 Å². The van der Waals surface area contributed by atoms with Crippen LogP contribution in [0.3, 0.4) is 0 Å². The summed E-state index contributed by atoms with van der Waals surface area (Å²) in [5.41, 5.74) is -1.14. The summed E-state index contributed by atoms with van der Waals surface area (Å²) in [5.74, 6) is -2.37. The summed E-state index contributed by atoms with van der Waals surface area (Å²) in [6.45, 7) is 0. The molecular formula is C35H24N4O6. The highest BCUT2D eigenvalue weighted by atomic mass is 16.3. The Morgan fingerprint density at radius 3 is 1.36 bits per heavy atom. The zero-order chi connectivity index (χ0) is 31.5. The van der Waals surface area contributed by atoms with Crippen LogP contribution in [-0.4, -0.2) is 32.1 Å². The lowest BCUT2D eigenvalue weighted by Gasteiger charge is -2.33. The van der Waals surface area contributed by atoms with E-state index in [4.69, 9.17) is 0 Å². The number of carbonyl (C=O) groups is 3. The quantitative estimate of drug-likeness (QED) is 0.221. The molecule has 0 saturated carbocycles. The van der Waals surface area contributed by atoms with E-state index in [-0.39, 0.29) is 28.2 Å². The van der Waals surface area contributed by atoms with Crippen molar-refractivity contribution in [2.75, 3.05) is 9.80 Å². The molecule has 1 aliphatic rings. The van der Waals surface area contributed by atoms with Gasteiger partial charge in [0, 0.05) is 0 Å². The molecule has 0 atom stereocenters. The van der Waals surface area contributed by atoms with Gasteiger partial charge < -0.3 is 5.11 Å². The van der Waals surface area contributed by atoms with Crippen molar-refractivity contribution in [1.82, 2.24) is 9.13 Å². The molecule has 0 radical (unpaired) electrons.